The van der Waals surface area contributed by atoms with E-state index in [2.05, 4.69) is 81.1 Å². The van der Waals surface area contributed by atoms with E-state index in [1.165, 1.54) is 115 Å². The van der Waals surface area contributed by atoms with E-state index in [1.54, 1.807) is 6.92 Å². The molecule has 0 unspecified atom stereocenters. The second-order valence-corrected chi connectivity index (χ2v) is 16.0. The van der Waals surface area contributed by atoms with Crippen molar-refractivity contribution in [1.29, 1.82) is 0 Å². The van der Waals surface area contributed by atoms with Gasteiger partial charge in [-0.25, -0.2) is 4.79 Å². The molecule has 5 rings (SSSR count). The number of carbonyl (C=O) groups is 1. The highest BCUT2D eigenvalue weighted by Crippen LogP contribution is 2.50. The number of aryl methyl sites for hydroxylation is 2. The predicted molar refractivity (Wildman–Crippen MR) is 216 cm³/mol. The molecule has 2 aliphatic rings. The highest BCUT2D eigenvalue weighted by molar-refractivity contribution is 5.86. The molecule has 0 atom stereocenters. The average molecular weight is 691 g/mol. The van der Waals surface area contributed by atoms with E-state index in [4.69, 9.17) is 16.2 Å². The summed E-state index contributed by atoms with van der Waals surface area (Å²) in [4.78, 5) is 12.1. The molecule has 4 nitrogen and oxygen atoms in total. The Labute approximate surface area is 309 Å². The van der Waals surface area contributed by atoms with E-state index in [-0.39, 0.29) is 11.4 Å². The van der Waals surface area contributed by atoms with Gasteiger partial charge in [-0.1, -0.05) is 113 Å². The van der Waals surface area contributed by atoms with Crippen molar-refractivity contribution < 1.29 is 9.53 Å². The lowest BCUT2D eigenvalue weighted by Gasteiger charge is -2.45. The van der Waals surface area contributed by atoms with Crippen LogP contribution in [0.15, 0.2) is 72.8 Å². The Kier molecular flexibility index (Phi) is 14.6. The van der Waals surface area contributed by atoms with E-state index in [9.17, 15) is 4.79 Å². The zero-order valence-electron chi connectivity index (χ0n) is 32.1. The van der Waals surface area contributed by atoms with Crippen molar-refractivity contribution >= 4 is 5.97 Å². The van der Waals surface area contributed by atoms with Crippen molar-refractivity contribution in [2.24, 2.45) is 23.3 Å². The van der Waals surface area contributed by atoms with E-state index < -0.39 is 0 Å². The Morgan fingerprint density at radius 1 is 0.863 bits per heavy atom. The molecule has 4 heteroatoms. The van der Waals surface area contributed by atoms with Crippen molar-refractivity contribution in [2.75, 3.05) is 19.7 Å². The summed E-state index contributed by atoms with van der Waals surface area (Å²) in [6, 6.07) is 23.7. The summed E-state index contributed by atoms with van der Waals surface area (Å²) in [7, 11) is 0. The van der Waals surface area contributed by atoms with Gasteiger partial charge in [0, 0.05) is 5.57 Å². The van der Waals surface area contributed by atoms with Crippen molar-refractivity contribution in [3.05, 3.63) is 95.1 Å². The quantitative estimate of drug-likeness (QED) is 0.0745. The minimum Gasteiger partial charge on any atom is -0.462 e. The van der Waals surface area contributed by atoms with Gasteiger partial charge < -0.3 is 16.2 Å². The zero-order chi connectivity index (χ0) is 36.2. The number of hydrogen-bond donors (Lipinski definition) is 2. The van der Waals surface area contributed by atoms with Gasteiger partial charge in [-0.3, -0.25) is 0 Å². The van der Waals surface area contributed by atoms with Crippen molar-refractivity contribution in [3.8, 4) is 22.3 Å². The number of nitrogens with two attached hydrogens (primary N) is 2. The summed E-state index contributed by atoms with van der Waals surface area (Å²) in [5.74, 6) is 1.72. The fraction of sp³-hybridized carbons (Fsp3) is 0.553. The molecule has 2 fully saturated rings. The van der Waals surface area contributed by atoms with Gasteiger partial charge in [0.1, 0.15) is 0 Å². The summed E-state index contributed by atoms with van der Waals surface area (Å²) in [6.07, 6.45) is 19.5. The fourth-order valence-electron chi connectivity index (χ4n) is 8.87. The fourth-order valence-corrected chi connectivity index (χ4v) is 8.87. The Balaban J connectivity index is 1.34. The molecule has 2 aliphatic carbocycles. The molecule has 0 spiro atoms. The summed E-state index contributed by atoms with van der Waals surface area (Å²) < 4.78 is 5.50. The van der Waals surface area contributed by atoms with Gasteiger partial charge in [0.25, 0.3) is 0 Å². The van der Waals surface area contributed by atoms with Crippen LogP contribution in [0.2, 0.25) is 0 Å². The molecule has 0 heterocycles. The lowest BCUT2D eigenvalue weighted by Crippen LogP contribution is -2.37. The Morgan fingerprint density at radius 3 is 2.18 bits per heavy atom. The maximum atomic E-state index is 12.1. The molecule has 0 bridgehead atoms. The lowest BCUT2D eigenvalue weighted by molar-refractivity contribution is -0.139. The molecule has 0 amide bonds. The number of ether oxygens (including phenoxy) is 1. The number of hydrogen-bond acceptors (Lipinski definition) is 4. The SMILES string of the molecule is C=C(C)C(=O)OCCCc1cc(-c2ccc(-c3ccc(C4CCC(CCCCC)CC4)cc3)cc2CC)ccc1C1(CCC(CN)CN)CCC1. The van der Waals surface area contributed by atoms with Crippen LogP contribution >= 0.6 is 0 Å². The predicted octanol–water partition coefficient (Wildman–Crippen LogP) is 11.2. The van der Waals surface area contributed by atoms with Crippen molar-refractivity contribution in [1.82, 2.24) is 0 Å². The summed E-state index contributed by atoms with van der Waals surface area (Å²) >= 11 is 0. The largest absolute Gasteiger partial charge is 0.462 e. The van der Waals surface area contributed by atoms with Gasteiger partial charge in [0.15, 0.2) is 0 Å². The molecule has 4 N–H and O–H groups in total. The summed E-state index contributed by atoms with van der Waals surface area (Å²) in [6.45, 7) is 11.7. The first-order valence-corrected chi connectivity index (χ1v) is 20.4. The van der Waals surface area contributed by atoms with Crippen LogP contribution in [-0.2, 0) is 27.8 Å². The van der Waals surface area contributed by atoms with Gasteiger partial charge in [-0.05, 0) is 158 Å². The smallest absolute Gasteiger partial charge is 0.333 e. The molecule has 51 heavy (non-hydrogen) atoms. The van der Waals surface area contributed by atoms with Gasteiger partial charge >= 0.3 is 5.97 Å². The third-order valence-corrected chi connectivity index (χ3v) is 12.4. The monoisotopic (exact) mass is 691 g/mol. The second kappa shape index (κ2) is 19.0. The van der Waals surface area contributed by atoms with Gasteiger partial charge in [-0.2, -0.15) is 0 Å². The highest BCUT2D eigenvalue weighted by Gasteiger charge is 2.40. The highest BCUT2D eigenvalue weighted by atomic mass is 16.5. The molecule has 3 aromatic rings. The molecule has 0 saturated heterocycles. The first-order chi connectivity index (χ1) is 24.8. The van der Waals surface area contributed by atoms with Crippen LogP contribution < -0.4 is 11.5 Å². The first kappa shape index (κ1) is 39.0. The van der Waals surface area contributed by atoms with Gasteiger partial charge in [0.05, 0.1) is 6.61 Å². The van der Waals surface area contributed by atoms with Crippen LogP contribution in [0.5, 0.6) is 0 Å². The van der Waals surface area contributed by atoms with E-state index in [0.29, 0.717) is 37.1 Å². The van der Waals surface area contributed by atoms with Crippen LogP contribution in [-0.4, -0.2) is 25.7 Å². The Morgan fingerprint density at radius 2 is 1.55 bits per heavy atom. The molecular weight excluding hydrogens is 625 g/mol. The summed E-state index contributed by atoms with van der Waals surface area (Å²) in [5.41, 5.74) is 23.7. The molecular formula is C47H66N2O2. The average Bonchev–Trinajstić information content (AvgIpc) is 3.15. The molecule has 0 radical (unpaired) electrons. The van der Waals surface area contributed by atoms with Crippen molar-refractivity contribution in [3.63, 3.8) is 0 Å². The molecule has 3 aromatic carbocycles. The Hall–Kier alpha value is -3.21. The Bertz CT molecular complexity index is 1560. The maximum absolute atomic E-state index is 12.1. The number of unbranched alkanes of at least 4 members (excludes halogenated alkanes) is 2. The maximum Gasteiger partial charge on any atom is 0.333 e. The van der Waals surface area contributed by atoms with Crippen LogP contribution in [0.3, 0.4) is 0 Å². The minimum atomic E-state index is -0.309. The van der Waals surface area contributed by atoms with Crippen LogP contribution in [0.1, 0.15) is 139 Å². The van der Waals surface area contributed by atoms with E-state index in [1.807, 2.05) is 0 Å². The molecule has 0 aromatic heterocycles. The minimum absolute atomic E-state index is 0.183. The first-order valence-electron chi connectivity index (χ1n) is 20.4. The number of carbonyl (C=O) groups excluding carboxylic acids is 1. The number of esters is 1. The van der Waals surface area contributed by atoms with E-state index >= 15 is 0 Å². The second-order valence-electron chi connectivity index (χ2n) is 16.0. The standard InChI is InChI=1S/C47H66N2O2/c1-5-7-8-11-35-13-15-38(16-14-35)39-17-19-40(20-18-39)41-21-23-44(37(6-2)30-41)42-22-24-45(43(31-42)12-9-29-51-46(50)34(3)4)47(26-10-27-47)28-25-36(32-48)33-49/h17-24,30-31,35-36,38H,3,5-16,25-29,32-33,48-49H2,1-2,4H3. The number of rotatable bonds is 19. The molecule has 2 saturated carbocycles. The zero-order valence-corrected chi connectivity index (χ0v) is 32.1. The third-order valence-electron chi connectivity index (χ3n) is 12.4. The van der Waals surface area contributed by atoms with Crippen LogP contribution in [0.4, 0.5) is 0 Å². The summed E-state index contributed by atoms with van der Waals surface area (Å²) in [5, 5.41) is 0. The van der Waals surface area contributed by atoms with Crippen LogP contribution in [0.25, 0.3) is 22.3 Å². The molecule has 276 valence electrons. The third kappa shape index (κ3) is 10.0. The van der Waals surface area contributed by atoms with Gasteiger partial charge in [0.2, 0.25) is 0 Å². The topological polar surface area (TPSA) is 78.3 Å². The normalized spacial score (nSPS) is 18.4. The lowest BCUT2D eigenvalue weighted by atomic mass is 9.60. The van der Waals surface area contributed by atoms with E-state index in [0.717, 1.165) is 38.0 Å². The number of benzene rings is 3. The van der Waals surface area contributed by atoms with Crippen LogP contribution in [0, 0.1) is 11.8 Å². The van der Waals surface area contributed by atoms with Crippen molar-refractivity contribution in [2.45, 2.75) is 135 Å². The van der Waals surface area contributed by atoms with Gasteiger partial charge in [-0.15, -0.1) is 0 Å². The molecule has 0 aliphatic heterocycles.